The summed E-state index contributed by atoms with van der Waals surface area (Å²) < 4.78 is 0. The molecule has 0 aliphatic carbocycles. The summed E-state index contributed by atoms with van der Waals surface area (Å²) in [4.78, 5) is 26.2. The number of primary amides is 1. The normalized spacial score (nSPS) is 18.4. The molecule has 0 aromatic carbocycles. The van der Waals surface area contributed by atoms with Gasteiger partial charge >= 0.3 is 0 Å². The summed E-state index contributed by atoms with van der Waals surface area (Å²) in [5.41, 5.74) is 6.46. The molecule has 1 saturated heterocycles. The van der Waals surface area contributed by atoms with Gasteiger partial charge in [0.15, 0.2) is 0 Å². The van der Waals surface area contributed by atoms with Crippen LogP contribution in [0.3, 0.4) is 0 Å². The molecule has 2 aromatic heterocycles. The van der Waals surface area contributed by atoms with Crippen molar-refractivity contribution in [1.82, 2.24) is 15.0 Å². The Balaban J connectivity index is 1.62. The Bertz CT molecular complexity index is 661. The van der Waals surface area contributed by atoms with Gasteiger partial charge in [-0.25, -0.2) is 15.0 Å². The molecule has 2 N–H and O–H groups in total. The van der Waals surface area contributed by atoms with Crippen LogP contribution in [0.15, 0.2) is 36.8 Å². The van der Waals surface area contributed by atoms with E-state index >= 15 is 0 Å². The average Bonchev–Trinajstić information content (AvgIpc) is 2.81. The van der Waals surface area contributed by atoms with Crippen LogP contribution in [0.5, 0.6) is 0 Å². The topological polar surface area (TPSA) is 85.0 Å². The van der Waals surface area contributed by atoms with Crippen molar-refractivity contribution in [2.24, 2.45) is 11.7 Å². The van der Waals surface area contributed by atoms with Crippen LogP contribution in [-0.4, -0.2) is 33.9 Å². The molecule has 6 nitrogen and oxygen atoms in total. The lowest BCUT2D eigenvalue weighted by molar-refractivity contribution is 0.0995. The number of amides is 1. The van der Waals surface area contributed by atoms with Gasteiger partial charge < -0.3 is 10.6 Å². The van der Waals surface area contributed by atoms with Crippen molar-refractivity contribution in [2.75, 3.05) is 18.0 Å². The van der Waals surface area contributed by atoms with Gasteiger partial charge in [-0.3, -0.25) is 4.79 Å². The molecule has 1 aliphatic heterocycles. The van der Waals surface area contributed by atoms with Gasteiger partial charge in [-0.2, -0.15) is 0 Å². The van der Waals surface area contributed by atoms with Gasteiger partial charge in [-0.1, -0.05) is 6.07 Å². The van der Waals surface area contributed by atoms with E-state index in [1.54, 1.807) is 6.07 Å². The molecule has 0 spiro atoms. The first-order valence-corrected chi connectivity index (χ1v) is 7.99. The van der Waals surface area contributed by atoms with E-state index in [4.69, 9.17) is 5.73 Å². The molecule has 1 amide bonds. The summed E-state index contributed by atoms with van der Waals surface area (Å²) in [6, 6.07) is 7.74. The van der Waals surface area contributed by atoms with Gasteiger partial charge in [0.25, 0.3) is 5.91 Å². The second-order valence-corrected chi connectivity index (χ2v) is 5.93. The summed E-state index contributed by atoms with van der Waals surface area (Å²) in [6.07, 6.45) is 7.50. The Morgan fingerprint density at radius 3 is 2.91 bits per heavy atom. The van der Waals surface area contributed by atoms with E-state index < -0.39 is 5.91 Å². The second-order valence-electron chi connectivity index (χ2n) is 5.93. The minimum Gasteiger partial charge on any atom is -0.364 e. The molecule has 1 atom stereocenters. The third-order valence-corrected chi connectivity index (χ3v) is 4.29. The molecule has 3 heterocycles. The Hall–Kier alpha value is -2.50. The van der Waals surface area contributed by atoms with Crippen molar-refractivity contribution in [2.45, 2.75) is 25.7 Å². The number of hydrogen-bond acceptors (Lipinski definition) is 5. The van der Waals surface area contributed by atoms with Crippen molar-refractivity contribution in [3.63, 3.8) is 0 Å². The van der Waals surface area contributed by atoms with Crippen molar-refractivity contribution < 1.29 is 4.79 Å². The fraction of sp³-hybridized carbons (Fsp3) is 0.412. The lowest BCUT2D eigenvalue weighted by Gasteiger charge is -2.21. The number of aromatic nitrogens is 3. The maximum atomic E-state index is 11.2. The summed E-state index contributed by atoms with van der Waals surface area (Å²) in [7, 11) is 0. The molecule has 1 aliphatic rings. The number of hydrogen-bond donors (Lipinski definition) is 1. The van der Waals surface area contributed by atoms with Crippen LogP contribution in [-0.2, 0) is 6.42 Å². The summed E-state index contributed by atoms with van der Waals surface area (Å²) >= 11 is 0. The maximum absolute atomic E-state index is 11.2. The van der Waals surface area contributed by atoms with Crippen LogP contribution in [0.2, 0.25) is 0 Å². The number of nitrogens with two attached hydrogens (primary N) is 1. The Labute approximate surface area is 135 Å². The smallest absolute Gasteiger partial charge is 0.267 e. The standard InChI is InChI=1S/C17H21N5O/c18-17(23)15-11-14(20-12-21-15)10-13-4-3-8-22(9-6-13)16-5-1-2-7-19-16/h1-2,5,7,11-13H,3-4,6,8-10H2,(H2,18,23). The zero-order valence-corrected chi connectivity index (χ0v) is 13.1. The molecule has 3 rings (SSSR count). The molecule has 0 bridgehead atoms. The first-order valence-electron chi connectivity index (χ1n) is 7.99. The van der Waals surface area contributed by atoms with Gasteiger partial charge in [0.2, 0.25) is 0 Å². The Morgan fingerprint density at radius 1 is 1.22 bits per heavy atom. The van der Waals surface area contributed by atoms with Gasteiger partial charge in [-0.05, 0) is 49.8 Å². The lowest BCUT2D eigenvalue weighted by atomic mass is 9.95. The highest BCUT2D eigenvalue weighted by Crippen LogP contribution is 2.23. The quantitative estimate of drug-likeness (QED) is 0.931. The first-order chi connectivity index (χ1) is 11.2. The van der Waals surface area contributed by atoms with Gasteiger partial charge in [0.1, 0.15) is 17.8 Å². The number of pyridine rings is 1. The predicted molar refractivity (Wildman–Crippen MR) is 88.0 cm³/mol. The zero-order valence-electron chi connectivity index (χ0n) is 13.1. The summed E-state index contributed by atoms with van der Waals surface area (Å²) in [6.45, 7) is 2.03. The molecule has 1 fully saturated rings. The van der Waals surface area contributed by atoms with Crippen molar-refractivity contribution >= 4 is 11.7 Å². The predicted octanol–water partition coefficient (Wildman–Crippen LogP) is 1.82. The van der Waals surface area contributed by atoms with Gasteiger partial charge in [0.05, 0.1) is 0 Å². The fourth-order valence-corrected chi connectivity index (χ4v) is 3.08. The van der Waals surface area contributed by atoms with Crippen molar-refractivity contribution in [3.8, 4) is 0 Å². The fourth-order valence-electron chi connectivity index (χ4n) is 3.08. The first kappa shape index (κ1) is 15.4. The van der Waals surface area contributed by atoms with Crippen LogP contribution in [0, 0.1) is 5.92 Å². The van der Waals surface area contributed by atoms with E-state index in [-0.39, 0.29) is 0 Å². The molecule has 23 heavy (non-hydrogen) atoms. The average molecular weight is 311 g/mol. The molecule has 120 valence electrons. The van der Waals surface area contributed by atoms with E-state index in [9.17, 15) is 4.79 Å². The molecular weight excluding hydrogens is 290 g/mol. The highest BCUT2D eigenvalue weighted by Gasteiger charge is 2.19. The molecule has 2 aromatic rings. The molecule has 6 heteroatoms. The van der Waals surface area contributed by atoms with Crippen LogP contribution in [0.4, 0.5) is 5.82 Å². The van der Waals surface area contributed by atoms with E-state index in [1.165, 1.54) is 6.33 Å². The van der Waals surface area contributed by atoms with Crippen molar-refractivity contribution in [3.05, 3.63) is 48.2 Å². The number of rotatable bonds is 4. The highest BCUT2D eigenvalue weighted by molar-refractivity contribution is 5.90. The highest BCUT2D eigenvalue weighted by atomic mass is 16.1. The monoisotopic (exact) mass is 311 g/mol. The molecular formula is C17H21N5O. The van der Waals surface area contributed by atoms with E-state index in [0.717, 1.165) is 50.3 Å². The van der Waals surface area contributed by atoms with E-state index in [2.05, 4.69) is 25.9 Å². The van der Waals surface area contributed by atoms with Crippen LogP contribution in [0.1, 0.15) is 35.4 Å². The van der Waals surface area contributed by atoms with Crippen molar-refractivity contribution in [1.29, 1.82) is 0 Å². The zero-order chi connectivity index (χ0) is 16.1. The SMILES string of the molecule is NC(=O)c1cc(CC2CCCN(c3ccccn3)CC2)ncn1. The second kappa shape index (κ2) is 7.17. The summed E-state index contributed by atoms with van der Waals surface area (Å²) in [5.74, 6) is 1.10. The van der Waals surface area contributed by atoms with Gasteiger partial charge in [-0.15, -0.1) is 0 Å². The van der Waals surface area contributed by atoms with Crippen LogP contribution in [0.25, 0.3) is 0 Å². The summed E-state index contributed by atoms with van der Waals surface area (Å²) in [5, 5.41) is 0. The van der Waals surface area contributed by atoms with Crippen LogP contribution >= 0.6 is 0 Å². The minimum absolute atomic E-state index is 0.290. The Morgan fingerprint density at radius 2 is 2.13 bits per heavy atom. The third kappa shape index (κ3) is 4.03. The third-order valence-electron chi connectivity index (χ3n) is 4.29. The van der Waals surface area contributed by atoms with E-state index in [1.807, 2.05) is 18.3 Å². The molecule has 0 radical (unpaired) electrons. The maximum Gasteiger partial charge on any atom is 0.267 e. The number of anilines is 1. The largest absolute Gasteiger partial charge is 0.364 e. The Kier molecular flexibility index (Phi) is 4.80. The van der Waals surface area contributed by atoms with E-state index in [0.29, 0.717) is 11.6 Å². The number of nitrogens with zero attached hydrogens (tertiary/aromatic N) is 4. The van der Waals surface area contributed by atoms with Crippen LogP contribution < -0.4 is 10.6 Å². The minimum atomic E-state index is -0.504. The van der Waals surface area contributed by atoms with Gasteiger partial charge in [0, 0.05) is 25.0 Å². The number of carbonyl (C=O) groups is 1. The molecule has 1 unspecified atom stereocenters. The number of carbonyl (C=O) groups excluding carboxylic acids is 1. The lowest BCUT2D eigenvalue weighted by Crippen LogP contribution is -2.25. The molecule has 0 saturated carbocycles.